The van der Waals surface area contributed by atoms with Crippen LogP contribution in [-0.4, -0.2) is 6.61 Å². The minimum absolute atomic E-state index is 0.130. The number of halogens is 4. The Bertz CT molecular complexity index is 1400. The lowest BCUT2D eigenvalue weighted by atomic mass is 10.0. The van der Waals surface area contributed by atoms with Crippen LogP contribution in [-0.2, 0) is 0 Å². The van der Waals surface area contributed by atoms with Gasteiger partial charge in [-0.1, -0.05) is 36.6 Å². The van der Waals surface area contributed by atoms with Crippen LogP contribution >= 0.6 is 0 Å². The van der Waals surface area contributed by atoms with E-state index in [9.17, 15) is 17.6 Å². The number of fused-ring (bicyclic) bond motifs is 1. The Morgan fingerprint density at radius 2 is 1.50 bits per heavy atom. The van der Waals surface area contributed by atoms with Crippen molar-refractivity contribution >= 4 is 10.8 Å². The third-order valence-electron chi connectivity index (χ3n) is 4.81. The zero-order valence-electron chi connectivity index (χ0n) is 16.8. The van der Waals surface area contributed by atoms with Crippen LogP contribution in [0.5, 0.6) is 5.75 Å². The average Bonchev–Trinajstić information content (AvgIpc) is 2.78. The van der Waals surface area contributed by atoms with Crippen molar-refractivity contribution < 1.29 is 22.3 Å². The zero-order valence-corrected chi connectivity index (χ0v) is 16.8. The van der Waals surface area contributed by atoms with Crippen molar-refractivity contribution in [1.82, 2.24) is 0 Å². The molecule has 0 unspecified atom stereocenters. The molecule has 4 aromatic carbocycles. The van der Waals surface area contributed by atoms with Crippen LogP contribution < -0.4 is 4.74 Å². The van der Waals surface area contributed by atoms with E-state index in [-0.39, 0.29) is 17.7 Å². The van der Waals surface area contributed by atoms with Crippen molar-refractivity contribution in [3.63, 3.8) is 0 Å². The van der Waals surface area contributed by atoms with Gasteiger partial charge in [-0.3, -0.25) is 0 Å². The molecular formula is C27H16F4O. The van der Waals surface area contributed by atoms with Crippen molar-refractivity contribution in [2.24, 2.45) is 0 Å². The molecule has 158 valence electrons. The SMILES string of the molecule is C=CCOc1ccc(-c2ccc(C#Cc3ccc4cc(F)c(F)cc4c3)c(F)c2)c(F)c1. The van der Waals surface area contributed by atoms with E-state index >= 15 is 0 Å². The molecule has 0 saturated carbocycles. The van der Waals surface area contributed by atoms with Crippen LogP contribution in [0, 0.1) is 35.1 Å². The van der Waals surface area contributed by atoms with E-state index in [4.69, 9.17) is 4.74 Å². The second-order valence-electron chi connectivity index (χ2n) is 7.01. The molecule has 4 aromatic rings. The summed E-state index contributed by atoms with van der Waals surface area (Å²) in [6, 6.07) is 15.7. The van der Waals surface area contributed by atoms with Crippen LogP contribution in [0.1, 0.15) is 11.1 Å². The minimum Gasteiger partial charge on any atom is -0.489 e. The third kappa shape index (κ3) is 4.50. The Morgan fingerprint density at radius 1 is 0.719 bits per heavy atom. The second-order valence-corrected chi connectivity index (χ2v) is 7.01. The summed E-state index contributed by atoms with van der Waals surface area (Å²) in [7, 11) is 0. The summed E-state index contributed by atoms with van der Waals surface area (Å²) >= 11 is 0. The molecular weight excluding hydrogens is 416 g/mol. The highest BCUT2D eigenvalue weighted by Gasteiger charge is 2.10. The van der Waals surface area contributed by atoms with Crippen LogP contribution in [0.3, 0.4) is 0 Å². The molecule has 0 heterocycles. The third-order valence-corrected chi connectivity index (χ3v) is 4.81. The van der Waals surface area contributed by atoms with Gasteiger partial charge < -0.3 is 4.74 Å². The quantitative estimate of drug-likeness (QED) is 0.191. The van der Waals surface area contributed by atoms with Crippen molar-refractivity contribution in [1.29, 1.82) is 0 Å². The molecule has 0 bridgehead atoms. The van der Waals surface area contributed by atoms with Gasteiger partial charge in [-0.25, -0.2) is 17.6 Å². The molecule has 32 heavy (non-hydrogen) atoms. The van der Waals surface area contributed by atoms with Crippen LogP contribution in [0.2, 0.25) is 0 Å². The molecule has 5 heteroatoms. The van der Waals surface area contributed by atoms with Crippen molar-refractivity contribution in [3.05, 3.63) is 114 Å². The number of benzene rings is 4. The van der Waals surface area contributed by atoms with E-state index in [0.29, 0.717) is 27.6 Å². The van der Waals surface area contributed by atoms with Crippen molar-refractivity contribution in [2.45, 2.75) is 0 Å². The van der Waals surface area contributed by atoms with Gasteiger partial charge in [0.2, 0.25) is 0 Å². The second kappa shape index (κ2) is 8.99. The van der Waals surface area contributed by atoms with Crippen molar-refractivity contribution in [2.75, 3.05) is 6.61 Å². The lowest BCUT2D eigenvalue weighted by molar-refractivity contribution is 0.361. The standard InChI is InChI=1S/C27H16F4O/c1-2-11-32-22-9-10-23(25(29)16-22)20-8-7-18(24(28)14-20)5-3-17-4-6-19-13-26(30)27(31)15-21(19)12-17/h2,4,6-10,12-16H,1,11H2. The van der Waals surface area contributed by atoms with Gasteiger partial charge in [0.25, 0.3) is 0 Å². The maximum atomic E-state index is 14.6. The number of hydrogen-bond donors (Lipinski definition) is 0. The highest BCUT2D eigenvalue weighted by Crippen LogP contribution is 2.28. The van der Waals surface area contributed by atoms with Gasteiger partial charge in [-0.2, -0.15) is 0 Å². The first-order valence-electron chi connectivity index (χ1n) is 9.68. The Balaban J connectivity index is 1.60. The molecule has 0 aromatic heterocycles. The fraction of sp³-hybridized carbons (Fsp3) is 0.0370. The first-order chi connectivity index (χ1) is 15.4. The minimum atomic E-state index is -0.947. The maximum absolute atomic E-state index is 14.6. The number of ether oxygens (including phenoxy) is 1. The summed E-state index contributed by atoms with van der Waals surface area (Å²) in [6.07, 6.45) is 1.55. The molecule has 0 aliphatic heterocycles. The molecule has 0 fully saturated rings. The lowest BCUT2D eigenvalue weighted by Crippen LogP contribution is -1.94. The van der Waals surface area contributed by atoms with Crippen LogP contribution in [0.25, 0.3) is 21.9 Å². The normalized spacial score (nSPS) is 10.5. The molecule has 0 aliphatic rings. The van der Waals surface area contributed by atoms with Gasteiger partial charge in [0.05, 0.1) is 5.56 Å². The zero-order chi connectivity index (χ0) is 22.7. The van der Waals surface area contributed by atoms with E-state index in [1.165, 1.54) is 24.3 Å². The van der Waals surface area contributed by atoms with E-state index in [0.717, 1.165) is 12.1 Å². The van der Waals surface area contributed by atoms with Crippen LogP contribution in [0.15, 0.2) is 79.4 Å². The van der Waals surface area contributed by atoms with E-state index in [1.54, 1.807) is 36.4 Å². The smallest absolute Gasteiger partial charge is 0.159 e. The van der Waals surface area contributed by atoms with Gasteiger partial charge in [0.15, 0.2) is 11.6 Å². The van der Waals surface area contributed by atoms with Gasteiger partial charge >= 0.3 is 0 Å². The summed E-state index contributed by atoms with van der Waals surface area (Å²) in [4.78, 5) is 0. The molecule has 1 nitrogen and oxygen atoms in total. The summed E-state index contributed by atoms with van der Waals surface area (Å²) in [5.41, 5.74) is 1.25. The number of hydrogen-bond acceptors (Lipinski definition) is 1. The molecule has 0 aliphatic carbocycles. The average molecular weight is 432 g/mol. The molecule has 0 N–H and O–H groups in total. The molecule has 0 atom stereocenters. The van der Waals surface area contributed by atoms with Gasteiger partial charge in [0, 0.05) is 17.2 Å². The molecule has 0 saturated heterocycles. The fourth-order valence-corrected chi connectivity index (χ4v) is 3.22. The van der Waals surface area contributed by atoms with E-state index < -0.39 is 23.3 Å². The number of rotatable bonds is 4. The van der Waals surface area contributed by atoms with Crippen molar-refractivity contribution in [3.8, 4) is 28.7 Å². The largest absolute Gasteiger partial charge is 0.489 e. The Morgan fingerprint density at radius 3 is 2.22 bits per heavy atom. The fourth-order valence-electron chi connectivity index (χ4n) is 3.22. The predicted octanol–water partition coefficient (Wildman–Crippen LogP) is 7.03. The van der Waals surface area contributed by atoms with E-state index in [1.807, 2.05) is 0 Å². The Kier molecular flexibility index (Phi) is 5.96. The first-order valence-corrected chi connectivity index (χ1v) is 9.68. The van der Waals surface area contributed by atoms with Gasteiger partial charge in [-0.15, -0.1) is 0 Å². The molecule has 0 amide bonds. The summed E-state index contributed by atoms with van der Waals surface area (Å²) in [6.45, 7) is 3.79. The van der Waals surface area contributed by atoms with E-state index in [2.05, 4.69) is 18.4 Å². The summed E-state index contributed by atoms with van der Waals surface area (Å²) in [5, 5.41) is 1.02. The monoisotopic (exact) mass is 432 g/mol. The molecule has 0 radical (unpaired) electrons. The highest BCUT2D eigenvalue weighted by atomic mass is 19.2. The molecule has 4 rings (SSSR count). The highest BCUT2D eigenvalue weighted by molar-refractivity contribution is 5.84. The predicted molar refractivity (Wildman–Crippen MR) is 117 cm³/mol. The summed E-state index contributed by atoms with van der Waals surface area (Å²) in [5.74, 6) is 2.90. The molecule has 0 spiro atoms. The summed E-state index contributed by atoms with van der Waals surface area (Å²) < 4.78 is 61.2. The lowest BCUT2D eigenvalue weighted by Gasteiger charge is -2.08. The topological polar surface area (TPSA) is 9.23 Å². The Labute approximate surface area is 182 Å². The van der Waals surface area contributed by atoms with Gasteiger partial charge in [0.1, 0.15) is 24.0 Å². The maximum Gasteiger partial charge on any atom is 0.159 e. The van der Waals surface area contributed by atoms with Gasteiger partial charge in [-0.05, 0) is 64.9 Å². The first kappa shape index (κ1) is 21.2. The Hall–Kier alpha value is -4.04. The van der Waals surface area contributed by atoms with Crippen LogP contribution in [0.4, 0.5) is 17.6 Å².